The van der Waals surface area contributed by atoms with Crippen molar-refractivity contribution in [3.05, 3.63) is 71.4 Å². The van der Waals surface area contributed by atoms with Gasteiger partial charge in [0.1, 0.15) is 6.04 Å². The minimum absolute atomic E-state index is 0.0702. The zero-order chi connectivity index (χ0) is 18.5. The van der Waals surface area contributed by atoms with Gasteiger partial charge in [-0.05, 0) is 18.6 Å². The van der Waals surface area contributed by atoms with Crippen LogP contribution in [0.3, 0.4) is 0 Å². The van der Waals surface area contributed by atoms with Gasteiger partial charge in [-0.25, -0.2) is 0 Å². The molecule has 1 heterocycles. The highest BCUT2D eigenvalue weighted by Gasteiger charge is 2.19. The third kappa shape index (κ3) is 4.18. The molecule has 3 rings (SSSR count). The number of para-hydroxylation sites is 1. The first-order valence-electron chi connectivity index (χ1n) is 8.73. The van der Waals surface area contributed by atoms with E-state index in [0.29, 0.717) is 18.5 Å². The lowest BCUT2D eigenvalue weighted by atomic mass is 10.0. The van der Waals surface area contributed by atoms with Crippen molar-refractivity contribution in [1.82, 2.24) is 4.98 Å². The Hall–Kier alpha value is -2.92. The van der Waals surface area contributed by atoms with E-state index in [1.165, 1.54) is 0 Å². The molecule has 0 bridgehead atoms. The number of carbonyl (C=O) groups is 2. The fraction of sp³-hybridized carbons (Fsp3) is 0.238. The number of aliphatic carboxylic acids is 1. The number of benzene rings is 2. The van der Waals surface area contributed by atoms with Crippen molar-refractivity contribution in [2.24, 2.45) is 0 Å². The fourth-order valence-electron chi connectivity index (χ4n) is 3.10. The first kappa shape index (κ1) is 17.9. The second kappa shape index (κ2) is 7.97. The first-order chi connectivity index (χ1) is 12.5. The summed E-state index contributed by atoms with van der Waals surface area (Å²) < 4.78 is 0. The third-order valence-electron chi connectivity index (χ3n) is 4.62. The zero-order valence-electron chi connectivity index (χ0n) is 14.7. The topological polar surface area (TPSA) is 89.6 Å². The van der Waals surface area contributed by atoms with Gasteiger partial charge in [0.05, 0.1) is 18.9 Å². The van der Waals surface area contributed by atoms with Crippen LogP contribution in [0.2, 0.25) is 0 Å². The van der Waals surface area contributed by atoms with E-state index in [-0.39, 0.29) is 12.2 Å². The number of H-pyrrole nitrogens is 1. The summed E-state index contributed by atoms with van der Waals surface area (Å²) in [5.41, 5.74) is 3.79. The number of nitrogens with one attached hydrogen (secondary N) is 1. The Balaban J connectivity index is 1.59. The molecular formula is C21H22N2O3. The number of fused-ring (bicyclic) bond motifs is 1. The Morgan fingerprint density at radius 1 is 1.12 bits per heavy atom. The zero-order valence-corrected chi connectivity index (χ0v) is 14.7. The second-order valence-corrected chi connectivity index (χ2v) is 6.55. The van der Waals surface area contributed by atoms with Crippen LogP contribution in [0.5, 0.6) is 0 Å². The van der Waals surface area contributed by atoms with Crippen LogP contribution in [0, 0.1) is 6.92 Å². The summed E-state index contributed by atoms with van der Waals surface area (Å²) in [5, 5.41) is 14.2. The highest BCUT2D eigenvalue weighted by atomic mass is 16.4. The molecule has 0 saturated heterocycles. The smallest absolute Gasteiger partial charge is 0.169 e. The maximum Gasteiger partial charge on any atom is 0.169 e. The van der Waals surface area contributed by atoms with Crippen molar-refractivity contribution in [3.63, 3.8) is 0 Å². The summed E-state index contributed by atoms with van der Waals surface area (Å²) in [4.78, 5) is 27.0. The number of aryl methyl sites for hydroxylation is 1. The number of hydrogen-bond acceptors (Lipinski definition) is 3. The Kier molecular flexibility index (Phi) is 5.49. The molecule has 0 radical (unpaired) electrons. The third-order valence-corrected chi connectivity index (χ3v) is 4.62. The lowest BCUT2D eigenvalue weighted by molar-refractivity contribution is -0.681. The largest absolute Gasteiger partial charge is 0.544 e. The van der Waals surface area contributed by atoms with Gasteiger partial charge in [-0.1, -0.05) is 48.0 Å². The molecule has 2 aromatic carbocycles. The Morgan fingerprint density at radius 2 is 1.85 bits per heavy atom. The molecule has 5 nitrogen and oxygen atoms in total. The maximum absolute atomic E-state index is 12.3. The molecule has 0 amide bonds. The summed E-state index contributed by atoms with van der Waals surface area (Å²) >= 11 is 0. The van der Waals surface area contributed by atoms with Gasteiger partial charge in [-0.3, -0.25) is 4.79 Å². The molecule has 3 aromatic rings. The average Bonchev–Trinajstić information content (AvgIpc) is 3.04. The number of hydrogen-bond donors (Lipinski definition) is 2. The van der Waals surface area contributed by atoms with Crippen molar-refractivity contribution >= 4 is 22.7 Å². The molecule has 1 aromatic heterocycles. The lowest BCUT2D eigenvalue weighted by Gasteiger charge is -2.16. The second-order valence-electron chi connectivity index (χ2n) is 6.55. The number of carbonyl (C=O) groups excluding carboxylic acids is 2. The molecule has 0 aliphatic heterocycles. The molecule has 5 heteroatoms. The van der Waals surface area contributed by atoms with E-state index in [1.54, 1.807) is 17.4 Å². The van der Waals surface area contributed by atoms with E-state index in [9.17, 15) is 14.7 Å². The number of carboxylic acids is 1. The minimum atomic E-state index is -1.20. The average molecular weight is 350 g/mol. The molecule has 0 fully saturated rings. The normalized spacial score (nSPS) is 12.2. The van der Waals surface area contributed by atoms with Crippen molar-refractivity contribution in [2.75, 3.05) is 6.54 Å². The fourth-order valence-corrected chi connectivity index (χ4v) is 3.10. The molecule has 26 heavy (non-hydrogen) atoms. The van der Waals surface area contributed by atoms with Gasteiger partial charge in [-0.2, -0.15) is 0 Å². The molecule has 0 saturated carbocycles. The van der Waals surface area contributed by atoms with Crippen LogP contribution in [-0.2, 0) is 11.2 Å². The van der Waals surface area contributed by atoms with Gasteiger partial charge >= 0.3 is 0 Å². The Bertz CT molecular complexity index is 912. The summed E-state index contributed by atoms with van der Waals surface area (Å²) in [7, 11) is 0. The monoisotopic (exact) mass is 350 g/mol. The van der Waals surface area contributed by atoms with Gasteiger partial charge in [0.15, 0.2) is 5.78 Å². The van der Waals surface area contributed by atoms with Crippen LogP contribution in [0.4, 0.5) is 0 Å². The molecule has 3 N–H and O–H groups in total. The molecule has 0 aliphatic rings. The minimum Gasteiger partial charge on any atom is -0.544 e. The Labute approximate surface area is 152 Å². The molecular weight excluding hydrogens is 328 g/mol. The SMILES string of the molecule is Cc1ccc(C(=O)C[C@@H]([NH2+]CCc2c[nH]c3ccccc23)C(=O)[O-])cc1. The van der Waals surface area contributed by atoms with Crippen LogP contribution in [0.25, 0.3) is 10.9 Å². The lowest BCUT2D eigenvalue weighted by Crippen LogP contribution is -2.93. The number of nitrogens with two attached hydrogens (primary N) is 1. The summed E-state index contributed by atoms with van der Waals surface area (Å²) in [6.45, 7) is 2.51. The maximum atomic E-state index is 12.3. The van der Waals surface area contributed by atoms with Gasteiger partial charge < -0.3 is 20.2 Å². The van der Waals surface area contributed by atoms with E-state index in [1.807, 2.05) is 49.5 Å². The summed E-state index contributed by atoms with van der Waals surface area (Å²) in [6, 6.07) is 14.3. The van der Waals surface area contributed by atoms with E-state index >= 15 is 0 Å². The van der Waals surface area contributed by atoms with Gasteiger partial charge in [-0.15, -0.1) is 0 Å². The van der Waals surface area contributed by atoms with E-state index in [0.717, 1.165) is 22.0 Å². The number of quaternary nitrogens is 1. The van der Waals surface area contributed by atoms with Crippen molar-refractivity contribution in [2.45, 2.75) is 25.8 Å². The predicted octanol–water partition coefficient (Wildman–Crippen LogP) is 0.974. The van der Waals surface area contributed by atoms with Crippen LogP contribution < -0.4 is 10.4 Å². The predicted molar refractivity (Wildman–Crippen MR) is 97.7 cm³/mol. The van der Waals surface area contributed by atoms with Gasteiger partial charge in [0, 0.05) is 29.1 Å². The standard InChI is InChI=1S/C21H22N2O3/c1-14-6-8-15(9-7-14)20(24)12-19(21(25)26)22-11-10-16-13-23-18-5-3-2-4-17(16)18/h2-9,13,19,22-23H,10-12H2,1H3,(H,25,26)/t19-/m1/s1. The molecule has 0 aliphatic carbocycles. The highest BCUT2D eigenvalue weighted by molar-refractivity contribution is 5.98. The summed E-state index contributed by atoms with van der Waals surface area (Å²) in [6.07, 6.45) is 2.59. The molecule has 0 spiro atoms. The number of ketones is 1. The van der Waals surface area contributed by atoms with Crippen LogP contribution in [0.1, 0.15) is 27.9 Å². The van der Waals surface area contributed by atoms with Crippen molar-refractivity contribution in [3.8, 4) is 0 Å². The summed E-state index contributed by atoms with van der Waals surface area (Å²) in [5.74, 6) is -1.38. The molecule has 1 atom stereocenters. The molecule has 0 unspecified atom stereocenters. The first-order valence-corrected chi connectivity index (χ1v) is 8.73. The van der Waals surface area contributed by atoms with Crippen LogP contribution in [-0.4, -0.2) is 29.3 Å². The molecule has 134 valence electrons. The van der Waals surface area contributed by atoms with E-state index in [2.05, 4.69) is 4.98 Å². The van der Waals surface area contributed by atoms with Crippen LogP contribution in [0.15, 0.2) is 54.7 Å². The van der Waals surface area contributed by atoms with Gasteiger partial charge in [0.2, 0.25) is 0 Å². The van der Waals surface area contributed by atoms with Gasteiger partial charge in [0.25, 0.3) is 0 Å². The van der Waals surface area contributed by atoms with E-state index in [4.69, 9.17) is 0 Å². The van der Waals surface area contributed by atoms with Crippen molar-refractivity contribution in [1.29, 1.82) is 0 Å². The number of rotatable bonds is 8. The number of carboxylic acid groups (broad SMARTS) is 1. The highest BCUT2D eigenvalue weighted by Crippen LogP contribution is 2.17. The number of aromatic nitrogens is 1. The Morgan fingerprint density at radius 3 is 2.58 bits per heavy atom. The van der Waals surface area contributed by atoms with Crippen LogP contribution >= 0.6 is 0 Å². The number of Topliss-reactive ketones (excluding diaryl/α,β-unsaturated/α-hetero) is 1. The number of aromatic amines is 1. The van der Waals surface area contributed by atoms with E-state index < -0.39 is 12.0 Å². The van der Waals surface area contributed by atoms with Crippen molar-refractivity contribution < 1.29 is 20.0 Å². The quantitative estimate of drug-likeness (QED) is 0.593.